The van der Waals surface area contributed by atoms with E-state index >= 15 is 0 Å². The molecule has 1 unspecified atom stereocenters. The quantitative estimate of drug-likeness (QED) is 0.634. The van der Waals surface area contributed by atoms with Gasteiger partial charge < -0.3 is 10.1 Å². The molecular weight excluding hydrogens is 320 g/mol. The average molecular weight is 342 g/mol. The molecule has 1 atom stereocenters. The lowest BCUT2D eigenvalue weighted by molar-refractivity contribution is -0.385. The van der Waals surface area contributed by atoms with Crippen LogP contribution in [0.5, 0.6) is 5.75 Å². The van der Waals surface area contributed by atoms with Crippen LogP contribution < -0.4 is 10.1 Å². The third-order valence-electron chi connectivity index (χ3n) is 4.08. The molecule has 0 fully saturated rings. The summed E-state index contributed by atoms with van der Waals surface area (Å²) in [6.45, 7) is 5.67. The molecule has 2 aromatic carbocycles. The average Bonchev–Trinajstić information content (AvgIpc) is 2.58. The van der Waals surface area contributed by atoms with E-state index in [0.29, 0.717) is 11.1 Å². The van der Waals surface area contributed by atoms with Gasteiger partial charge in [0.25, 0.3) is 11.6 Å². The van der Waals surface area contributed by atoms with Gasteiger partial charge in [-0.25, -0.2) is 0 Å². The van der Waals surface area contributed by atoms with E-state index in [-0.39, 0.29) is 23.6 Å². The van der Waals surface area contributed by atoms with Gasteiger partial charge in [0.1, 0.15) is 5.75 Å². The second-order valence-electron chi connectivity index (χ2n) is 6.23. The van der Waals surface area contributed by atoms with Crippen LogP contribution in [0.15, 0.2) is 42.5 Å². The second kappa shape index (κ2) is 7.79. The topological polar surface area (TPSA) is 81.5 Å². The van der Waals surface area contributed by atoms with E-state index < -0.39 is 4.92 Å². The van der Waals surface area contributed by atoms with E-state index in [9.17, 15) is 14.9 Å². The van der Waals surface area contributed by atoms with Crippen molar-refractivity contribution in [3.63, 3.8) is 0 Å². The number of methoxy groups -OCH3 is 1. The summed E-state index contributed by atoms with van der Waals surface area (Å²) >= 11 is 0. The van der Waals surface area contributed by atoms with Crippen molar-refractivity contribution in [3.05, 3.63) is 69.3 Å². The van der Waals surface area contributed by atoms with Crippen LogP contribution in [0.2, 0.25) is 0 Å². The number of hydrogen-bond acceptors (Lipinski definition) is 4. The minimum atomic E-state index is -0.453. The van der Waals surface area contributed by atoms with Gasteiger partial charge in [-0.2, -0.15) is 0 Å². The van der Waals surface area contributed by atoms with Crippen LogP contribution in [0.25, 0.3) is 0 Å². The number of hydrogen-bond donors (Lipinski definition) is 1. The van der Waals surface area contributed by atoms with Gasteiger partial charge in [-0.05, 0) is 42.7 Å². The van der Waals surface area contributed by atoms with Gasteiger partial charge in [0.05, 0.1) is 18.1 Å². The van der Waals surface area contributed by atoms with Gasteiger partial charge in [-0.3, -0.25) is 14.9 Å². The monoisotopic (exact) mass is 342 g/mol. The maximum absolute atomic E-state index is 12.6. The highest BCUT2D eigenvalue weighted by molar-refractivity contribution is 5.95. The van der Waals surface area contributed by atoms with Crippen molar-refractivity contribution in [1.29, 1.82) is 0 Å². The van der Waals surface area contributed by atoms with E-state index in [1.807, 2.05) is 38.1 Å². The predicted octanol–water partition coefficient (Wildman–Crippen LogP) is 4.04. The summed E-state index contributed by atoms with van der Waals surface area (Å²) in [6, 6.07) is 11.8. The van der Waals surface area contributed by atoms with Crippen LogP contribution in [0.3, 0.4) is 0 Å². The van der Waals surface area contributed by atoms with Gasteiger partial charge in [-0.15, -0.1) is 0 Å². The van der Waals surface area contributed by atoms with Crippen LogP contribution in [0, 0.1) is 23.0 Å². The Labute approximate surface area is 147 Å². The fourth-order valence-electron chi connectivity index (χ4n) is 2.67. The number of benzene rings is 2. The third-order valence-corrected chi connectivity index (χ3v) is 4.08. The Morgan fingerprint density at radius 2 is 1.80 bits per heavy atom. The summed E-state index contributed by atoms with van der Waals surface area (Å²) in [7, 11) is 1.60. The first-order chi connectivity index (χ1) is 11.8. The van der Waals surface area contributed by atoms with E-state index in [2.05, 4.69) is 5.32 Å². The molecule has 0 aliphatic carbocycles. The number of carbonyl (C=O) groups is 1. The first kappa shape index (κ1) is 18.4. The Bertz CT molecular complexity index is 769. The zero-order chi connectivity index (χ0) is 18.6. The maximum Gasteiger partial charge on any atom is 0.272 e. The van der Waals surface area contributed by atoms with Crippen LogP contribution in [-0.2, 0) is 0 Å². The first-order valence-electron chi connectivity index (χ1n) is 8.03. The number of ether oxygens (including phenoxy) is 1. The smallest absolute Gasteiger partial charge is 0.272 e. The van der Waals surface area contributed by atoms with Gasteiger partial charge in [0.2, 0.25) is 0 Å². The molecule has 132 valence electrons. The molecule has 0 radical (unpaired) electrons. The van der Waals surface area contributed by atoms with Crippen LogP contribution in [0.1, 0.15) is 41.4 Å². The molecule has 2 aromatic rings. The van der Waals surface area contributed by atoms with Gasteiger partial charge in [0.15, 0.2) is 0 Å². The summed E-state index contributed by atoms with van der Waals surface area (Å²) < 4.78 is 5.16. The summed E-state index contributed by atoms with van der Waals surface area (Å²) in [5.74, 6) is 0.674. The minimum Gasteiger partial charge on any atom is -0.497 e. The number of amides is 1. The number of nitro benzene ring substituents is 1. The van der Waals surface area contributed by atoms with Crippen LogP contribution in [-0.4, -0.2) is 17.9 Å². The molecular formula is C19H22N2O4. The lowest BCUT2D eigenvalue weighted by Crippen LogP contribution is -2.31. The van der Waals surface area contributed by atoms with Crippen molar-refractivity contribution >= 4 is 11.6 Å². The number of nitrogens with one attached hydrogen (secondary N) is 1. The molecule has 25 heavy (non-hydrogen) atoms. The molecule has 0 aliphatic heterocycles. The number of carbonyl (C=O) groups excluding carboxylic acids is 1. The Hall–Kier alpha value is -2.89. The van der Waals surface area contributed by atoms with Crippen molar-refractivity contribution in [2.45, 2.75) is 26.8 Å². The van der Waals surface area contributed by atoms with Crippen molar-refractivity contribution in [3.8, 4) is 5.75 Å². The molecule has 0 heterocycles. The van der Waals surface area contributed by atoms with Crippen LogP contribution in [0.4, 0.5) is 5.69 Å². The number of nitro groups is 1. The fourth-order valence-corrected chi connectivity index (χ4v) is 2.67. The summed E-state index contributed by atoms with van der Waals surface area (Å²) in [4.78, 5) is 23.0. The molecule has 0 aliphatic rings. The van der Waals surface area contributed by atoms with Crippen molar-refractivity contribution in [1.82, 2.24) is 5.32 Å². The van der Waals surface area contributed by atoms with Crippen molar-refractivity contribution in [2.75, 3.05) is 7.11 Å². The van der Waals surface area contributed by atoms with E-state index in [1.54, 1.807) is 20.1 Å². The van der Waals surface area contributed by atoms with Gasteiger partial charge in [-0.1, -0.05) is 26.0 Å². The molecule has 0 bridgehead atoms. The van der Waals surface area contributed by atoms with E-state index in [4.69, 9.17) is 4.74 Å². The fraction of sp³-hybridized carbons (Fsp3) is 0.316. The summed E-state index contributed by atoms with van der Waals surface area (Å²) in [6.07, 6.45) is 0. The van der Waals surface area contributed by atoms with Crippen LogP contribution >= 0.6 is 0 Å². The zero-order valence-corrected chi connectivity index (χ0v) is 14.8. The molecule has 0 saturated carbocycles. The Morgan fingerprint density at radius 1 is 1.16 bits per heavy atom. The standard InChI is InChI=1S/C19H22N2O4/c1-12(2)18(14-5-8-16(25-4)9-6-14)20-19(22)15-7-10-17(21(23)24)13(3)11-15/h5-12,18H,1-4H3,(H,20,22). The lowest BCUT2D eigenvalue weighted by atomic mass is 9.95. The molecule has 0 spiro atoms. The summed E-state index contributed by atoms with van der Waals surface area (Å²) in [5, 5.41) is 13.9. The minimum absolute atomic E-state index is 0.00659. The molecule has 2 rings (SSSR count). The molecule has 1 amide bonds. The second-order valence-corrected chi connectivity index (χ2v) is 6.23. The highest BCUT2D eigenvalue weighted by atomic mass is 16.6. The Balaban J connectivity index is 2.22. The SMILES string of the molecule is COc1ccc(C(NC(=O)c2ccc([N+](=O)[O-])c(C)c2)C(C)C)cc1. The Kier molecular flexibility index (Phi) is 5.75. The normalized spacial score (nSPS) is 11.9. The molecule has 0 saturated heterocycles. The zero-order valence-electron chi connectivity index (χ0n) is 14.8. The first-order valence-corrected chi connectivity index (χ1v) is 8.03. The largest absolute Gasteiger partial charge is 0.497 e. The predicted molar refractivity (Wildman–Crippen MR) is 95.9 cm³/mol. The third kappa shape index (κ3) is 4.35. The Morgan fingerprint density at radius 3 is 2.28 bits per heavy atom. The highest BCUT2D eigenvalue weighted by Gasteiger charge is 2.20. The highest BCUT2D eigenvalue weighted by Crippen LogP contribution is 2.25. The van der Waals surface area contributed by atoms with Gasteiger partial charge >= 0.3 is 0 Å². The van der Waals surface area contributed by atoms with Gasteiger partial charge in [0, 0.05) is 17.2 Å². The number of aryl methyl sites for hydroxylation is 1. The van der Waals surface area contributed by atoms with Crippen molar-refractivity contribution in [2.24, 2.45) is 5.92 Å². The molecule has 6 nitrogen and oxygen atoms in total. The van der Waals surface area contributed by atoms with Crippen molar-refractivity contribution < 1.29 is 14.5 Å². The van der Waals surface area contributed by atoms with E-state index in [1.165, 1.54) is 12.1 Å². The lowest BCUT2D eigenvalue weighted by Gasteiger charge is -2.23. The molecule has 6 heteroatoms. The maximum atomic E-state index is 12.6. The molecule has 0 aromatic heterocycles. The number of rotatable bonds is 6. The summed E-state index contributed by atoms with van der Waals surface area (Å²) in [5.41, 5.74) is 1.85. The van der Waals surface area contributed by atoms with E-state index in [0.717, 1.165) is 11.3 Å². The number of nitrogens with zero attached hydrogens (tertiary/aromatic N) is 1. The molecule has 1 N–H and O–H groups in total.